The van der Waals surface area contributed by atoms with Crippen LogP contribution in [0.4, 0.5) is 11.4 Å². The number of nitrogens with zero attached hydrogens (tertiary/aromatic N) is 1. The van der Waals surface area contributed by atoms with Gasteiger partial charge in [-0.25, -0.2) is 4.21 Å². The van der Waals surface area contributed by atoms with E-state index in [9.17, 15) is 4.21 Å². The van der Waals surface area contributed by atoms with E-state index in [1.165, 1.54) is 0 Å². The van der Waals surface area contributed by atoms with Crippen LogP contribution >= 0.6 is 0 Å². The Morgan fingerprint density at radius 1 is 1.17 bits per heavy atom. The lowest BCUT2D eigenvalue weighted by Gasteiger charge is -2.11. The third kappa shape index (κ3) is 3.81. The van der Waals surface area contributed by atoms with Gasteiger partial charge in [-0.3, -0.25) is 14.3 Å². The number of benzene rings is 2. The summed E-state index contributed by atoms with van der Waals surface area (Å²) in [6.45, 7) is 0.633. The fourth-order valence-corrected chi connectivity index (χ4v) is 2.74. The highest BCUT2D eigenvalue weighted by Crippen LogP contribution is 2.25. The molecular weight excluding hydrogens is 326 g/mol. The van der Waals surface area contributed by atoms with Crippen molar-refractivity contribution in [1.29, 1.82) is 0 Å². The van der Waals surface area contributed by atoms with Crippen molar-refractivity contribution in [3.05, 3.63) is 60.3 Å². The lowest BCUT2D eigenvalue weighted by Crippen LogP contribution is -2.03. The normalized spacial score (nSPS) is 11.9. The van der Waals surface area contributed by atoms with E-state index in [0.29, 0.717) is 12.2 Å². The highest BCUT2D eigenvalue weighted by Gasteiger charge is 2.04. The molecule has 3 N–H and O–H groups in total. The van der Waals surface area contributed by atoms with Crippen LogP contribution in [-0.4, -0.2) is 20.9 Å². The van der Waals surface area contributed by atoms with Gasteiger partial charge in [0.1, 0.15) is 5.75 Å². The number of aromatic nitrogens is 1. The SMILES string of the molecule is COc1ccc2c(NCc3ccc(NS(=O)O)cc3)ccnc2c1. The van der Waals surface area contributed by atoms with Gasteiger partial charge >= 0.3 is 0 Å². The summed E-state index contributed by atoms with van der Waals surface area (Å²) in [6.07, 6.45) is 1.76. The molecule has 0 aliphatic carbocycles. The zero-order chi connectivity index (χ0) is 16.9. The Morgan fingerprint density at radius 3 is 2.67 bits per heavy atom. The van der Waals surface area contributed by atoms with Gasteiger partial charge in [0.15, 0.2) is 0 Å². The number of methoxy groups -OCH3 is 1. The monoisotopic (exact) mass is 343 g/mol. The van der Waals surface area contributed by atoms with Crippen molar-refractivity contribution >= 4 is 33.5 Å². The largest absolute Gasteiger partial charge is 0.497 e. The van der Waals surface area contributed by atoms with Crippen molar-refractivity contribution in [3.63, 3.8) is 0 Å². The van der Waals surface area contributed by atoms with Gasteiger partial charge in [0, 0.05) is 35.6 Å². The fraction of sp³-hybridized carbons (Fsp3) is 0.118. The lowest BCUT2D eigenvalue weighted by atomic mass is 10.1. The minimum atomic E-state index is -2.06. The number of ether oxygens (including phenoxy) is 1. The van der Waals surface area contributed by atoms with Gasteiger partial charge in [-0.05, 0) is 35.9 Å². The minimum Gasteiger partial charge on any atom is -0.497 e. The fourth-order valence-electron chi connectivity index (χ4n) is 2.40. The molecule has 0 saturated heterocycles. The molecule has 0 aliphatic heterocycles. The first-order valence-electron chi connectivity index (χ1n) is 7.29. The Bertz CT molecular complexity index is 869. The van der Waals surface area contributed by atoms with E-state index in [1.807, 2.05) is 36.4 Å². The number of nitrogens with one attached hydrogen (secondary N) is 2. The molecule has 0 spiro atoms. The zero-order valence-electron chi connectivity index (χ0n) is 13.0. The number of hydrogen-bond donors (Lipinski definition) is 3. The highest BCUT2D eigenvalue weighted by atomic mass is 32.2. The van der Waals surface area contributed by atoms with E-state index in [2.05, 4.69) is 15.0 Å². The van der Waals surface area contributed by atoms with Crippen molar-refractivity contribution in [2.75, 3.05) is 17.1 Å². The van der Waals surface area contributed by atoms with Crippen LogP contribution in [0.5, 0.6) is 5.75 Å². The maximum Gasteiger partial charge on any atom is 0.259 e. The van der Waals surface area contributed by atoms with Crippen LogP contribution < -0.4 is 14.8 Å². The van der Waals surface area contributed by atoms with Crippen molar-refractivity contribution in [1.82, 2.24) is 4.98 Å². The summed E-state index contributed by atoms with van der Waals surface area (Å²) in [5.41, 5.74) is 3.51. The van der Waals surface area contributed by atoms with Crippen LogP contribution in [0.1, 0.15) is 5.56 Å². The predicted molar refractivity (Wildman–Crippen MR) is 96.5 cm³/mol. The molecule has 3 aromatic rings. The summed E-state index contributed by atoms with van der Waals surface area (Å²) < 4.78 is 27.2. The molecule has 0 amide bonds. The van der Waals surface area contributed by atoms with Crippen LogP contribution in [0.25, 0.3) is 10.9 Å². The predicted octanol–water partition coefficient (Wildman–Crippen LogP) is 3.40. The van der Waals surface area contributed by atoms with E-state index in [1.54, 1.807) is 25.4 Å². The van der Waals surface area contributed by atoms with Crippen LogP contribution in [0, 0.1) is 0 Å². The third-order valence-electron chi connectivity index (χ3n) is 3.59. The molecule has 1 unspecified atom stereocenters. The first kappa shape index (κ1) is 16.2. The summed E-state index contributed by atoms with van der Waals surface area (Å²) in [5, 5.41) is 4.41. The smallest absolute Gasteiger partial charge is 0.259 e. The molecule has 1 heterocycles. The molecule has 0 radical (unpaired) electrons. The average molecular weight is 343 g/mol. The van der Waals surface area contributed by atoms with E-state index in [4.69, 9.17) is 9.29 Å². The van der Waals surface area contributed by atoms with Gasteiger partial charge in [0.25, 0.3) is 11.3 Å². The molecule has 1 atom stereocenters. The Balaban J connectivity index is 1.74. The summed E-state index contributed by atoms with van der Waals surface area (Å²) >= 11 is -2.06. The van der Waals surface area contributed by atoms with E-state index in [-0.39, 0.29) is 0 Å². The van der Waals surface area contributed by atoms with Gasteiger partial charge < -0.3 is 10.1 Å². The summed E-state index contributed by atoms with van der Waals surface area (Å²) in [4.78, 5) is 4.36. The Labute approximate surface area is 142 Å². The number of pyridine rings is 1. The topological polar surface area (TPSA) is 83.5 Å². The van der Waals surface area contributed by atoms with Crippen LogP contribution in [-0.2, 0) is 17.8 Å². The molecule has 0 aliphatic rings. The van der Waals surface area contributed by atoms with Gasteiger partial charge in [-0.1, -0.05) is 12.1 Å². The second kappa shape index (κ2) is 7.29. The molecular formula is C17H17N3O3S. The van der Waals surface area contributed by atoms with E-state index >= 15 is 0 Å². The average Bonchev–Trinajstić information content (AvgIpc) is 2.60. The van der Waals surface area contributed by atoms with E-state index in [0.717, 1.165) is 27.9 Å². The minimum absolute atomic E-state index is 0.598. The maximum absolute atomic E-state index is 10.7. The summed E-state index contributed by atoms with van der Waals surface area (Å²) in [7, 11) is 1.63. The van der Waals surface area contributed by atoms with Gasteiger partial charge in [-0.15, -0.1) is 0 Å². The highest BCUT2D eigenvalue weighted by molar-refractivity contribution is 7.80. The Morgan fingerprint density at radius 2 is 1.96 bits per heavy atom. The van der Waals surface area contributed by atoms with Crippen molar-refractivity contribution < 1.29 is 13.5 Å². The lowest BCUT2D eigenvalue weighted by molar-refractivity contribution is 0.415. The van der Waals surface area contributed by atoms with Crippen LogP contribution in [0.3, 0.4) is 0 Å². The molecule has 3 rings (SSSR count). The molecule has 0 fully saturated rings. The molecule has 1 aromatic heterocycles. The number of fused-ring (bicyclic) bond motifs is 1. The molecule has 7 heteroatoms. The van der Waals surface area contributed by atoms with Gasteiger partial charge in [0.2, 0.25) is 0 Å². The third-order valence-corrected chi connectivity index (χ3v) is 4.00. The molecule has 0 bridgehead atoms. The molecule has 24 heavy (non-hydrogen) atoms. The molecule has 0 saturated carbocycles. The Hall–Kier alpha value is -2.64. The van der Waals surface area contributed by atoms with E-state index < -0.39 is 11.3 Å². The molecule has 124 valence electrons. The summed E-state index contributed by atoms with van der Waals surface area (Å²) in [6, 6.07) is 15.0. The van der Waals surface area contributed by atoms with Crippen molar-refractivity contribution in [2.45, 2.75) is 6.54 Å². The standard InChI is InChI=1S/C17H17N3O3S/c1-23-14-6-7-15-16(8-9-18-17(15)10-14)19-11-12-2-4-13(5-3-12)20-24(21)22/h2-10,20H,11H2,1H3,(H,18,19)(H,21,22). The first-order valence-corrected chi connectivity index (χ1v) is 8.39. The number of rotatable bonds is 6. The zero-order valence-corrected chi connectivity index (χ0v) is 13.8. The summed E-state index contributed by atoms with van der Waals surface area (Å²) in [5.74, 6) is 0.775. The van der Waals surface area contributed by atoms with Crippen molar-refractivity contribution in [3.8, 4) is 5.75 Å². The van der Waals surface area contributed by atoms with Gasteiger partial charge in [-0.2, -0.15) is 0 Å². The molecule has 6 nitrogen and oxygen atoms in total. The molecule has 2 aromatic carbocycles. The Kier molecular flexibility index (Phi) is 4.93. The van der Waals surface area contributed by atoms with Crippen molar-refractivity contribution in [2.24, 2.45) is 0 Å². The quantitative estimate of drug-likeness (QED) is 0.598. The number of hydrogen-bond acceptors (Lipinski definition) is 4. The van der Waals surface area contributed by atoms with Crippen LogP contribution in [0.2, 0.25) is 0 Å². The van der Waals surface area contributed by atoms with Crippen LogP contribution in [0.15, 0.2) is 54.7 Å². The second-order valence-electron chi connectivity index (χ2n) is 5.14. The maximum atomic E-state index is 10.7. The number of anilines is 2. The second-order valence-corrected chi connectivity index (χ2v) is 5.85. The van der Waals surface area contributed by atoms with Gasteiger partial charge in [0.05, 0.1) is 12.6 Å². The first-order chi connectivity index (χ1) is 11.7.